The molecule has 0 spiro atoms. The van der Waals surface area contributed by atoms with Crippen LogP contribution in [-0.4, -0.2) is 22.3 Å². The molecule has 3 nitrogen and oxygen atoms in total. The van der Waals surface area contributed by atoms with Crippen molar-refractivity contribution in [2.45, 2.75) is 64.9 Å². The van der Waals surface area contributed by atoms with E-state index in [1.807, 2.05) is 0 Å². The molecule has 0 aliphatic carbocycles. The number of carbonyl (C=O) groups is 1. The number of unbranched alkanes of at least 4 members (excludes halogenated alkanes) is 5. The van der Waals surface area contributed by atoms with E-state index in [1.165, 1.54) is 25.7 Å². The van der Waals surface area contributed by atoms with Gasteiger partial charge in [0.25, 0.3) is 0 Å². The Morgan fingerprint density at radius 3 is 2.20 bits per heavy atom. The van der Waals surface area contributed by atoms with E-state index in [4.69, 9.17) is 5.11 Å². The molecule has 0 rings (SSSR count). The number of hydrogen-bond acceptors (Lipinski definition) is 2. The summed E-state index contributed by atoms with van der Waals surface area (Å²) in [4.78, 5) is 10.5. The van der Waals surface area contributed by atoms with E-state index in [9.17, 15) is 9.90 Å². The molecule has 0 amide bonds. The fraction of sp³-hybridized carbons (Fsp3) is 0.917. The average Bonchev–Trinajstić information content (AvgIpc) is 2.21. The maximum absolute atomic E-state index is 10.5. The molecule has 2 N–H and O–H groups in total. The van der Waals surface area contributed by atoms with Crippen LogP contribution in [0.5, 0.6) is 0 Å². The quantitative estimate of drug-likeness (QED) is 0.583. The largest absolute Gasteiger partial charge is 0.479 e. The molecule has 0 aliphatic rings. The third-order valence-electron chi connectivity index (χ3n) is 2.81. The van der Waals surface area contributed by atoms with E-state index >= 15 is 0 Å². The average molecular weight is 216 g/mol. The van der Waals surface area contributed by atoms with Gasteiger partial charge in [0.05, 0.1) is 0 Å². The number of hydrogen-bond donors (Lipinski definition) is 2. The predicted octanol–water partition coefficient (Wildman–Crippen LogP) is 2.82. The second-order valence-corrected chi connectivity index (χ2v) is 4.32. The van der Waals surface area contributed by atoms with Crippen LogP contribution in [0.4, 0.5) is 0 Å². The molecular formula is C12H24O3. The van der Waals surface area contributed by atoms with Crippen molar-refractivity contribution in [2.75, 3.05) is 0 Å². The van der Waals surface area contributed by atoms with E-state index in [2.05, 4.69) is 6.92 Å². The Hall–Kier alpha value is -0.570. The second kappa shape index (κ2) is 8.72. The summed E-state index contributed by atoms with van der Waals surface area (Å²) in [6.45, 7) is 3.98. The van der Waals surface area contributed by atoms with Gasteiger partial charge in [0, 0.05) is 0 Å². The van der Waals surface area contributed by atoms with Crippen LogP contribution >= 0.6 is 0 Å². The molecule has 0 bridgehead atoms. The van der Waals surface area contributed by atoms with Gasteiger partial charge in [0.2, 0.25) is 0 Å². The van der Waals surface area contributed by atoms with Crippen molar-refractivity contribution in [1.82, 2.24) is 0 Å². The number of aliphatic hydroxyl groups excluding tert-OH is 1. The molecule has 1 unspecified atom stereocenters. The maximum atomic E-state index is 10.5. The van der Waals surface area contributed by atoms with Crippen LogP contribution < -0.4 is 0 Å². The summed E-state index contributed by atoms with van der Waals surface area (Å²) >= 11 is 0. The van der Waals surface area contributed by atoms with Gasteiger partial charge in [0.15, 0.2) is 6.10 Å². The Balaban J connectivity index is 3.38. The highest BCUT2D eigenvalue weighted by molar-refractivity contribution is 5.72. The number of rotatable bonds is 9. The lowest BCUT2D eigenvalue weighted by atomic mass is 9.97. The van der Waals surface area contributed by atoms with Gasteiger partial charge in [-0.1, -0.05) is 52.4 Å². The Morgan fingerprint density at radius 2 is 1.67 bits per heavy atom. The first-order valence-electron chi connectivity index (χ1n) is 6.00. The van der Waals surface area contributed by atoms with Crippen LogP contribution in [0.15, 0.2) is 0 Å². The van der Waals surface area contributed by atoms with E-state index in [0.717, 1.165) is 19.3 Å². The third-order valence-corrected chi connectivity index (χ3v) is 2.81. The summed E-state index contributed by atoms with van der Waals surface area (Å²) in [5, 5.41) is 17.8. The number of carboxylic acids is 1. The second-order valence-electron chi connectivity index (χ2n) is 4.32. The van der Waals surface area contributed by atoms with Gasteiger partial charge in [-0.3, -0.25) is 0 Å². The highest BCUT2D eigenvalue weighted by Gasteiger charge is 2.20. The summed E-state index contributed by atoms with van der Waals surface area (Å²) in [7, 11) is 0. The smallest absolute Gasteiger partial charge is 0.332 e. The Labute approximate surface area is 92.5 Å². The highest BCUT2D eigenvalue weighted by atomic mass is 16.4. The van der Waals surface area contributed by atoms with Gasteiger partial charge >= 0.3 is 5.97 Å². The fourth-order valence-electron chi connectivity index (χ4n) is 1.65. The lowest BCUT2D eigenvalue weighted by Crippen LogP contribution is -2.27. The van der Waals surface area contributed by atoms with Gasteiger partial charge in [-0.15, -0.1) is 0 Å². The molecule has 0 heterocycles. The lowest BCUT2D eigenvalue weighted by Gasteiger charge is -2.14. The zero-order valence-electron chi connectivity index (χ0n) is 9.91. The normalized spacial score (nSPS) is 14.9. The van der Waals surface area contributed by atoms with Crippen molar-refractivity contribution in [3.63, 3.8) is 0 Å². The summed E-state index contributed by atoms with van der Waals surface area (Å²) in [6, 6.07) is 0. The topological polar surface area (TPSA) is 57.5 Å². The molecule has 0 aliphatic heterocycles. The van der Waals surface area contributed by atoms with Gasteiger partial charge in [-0.25, -0.2) is 4.79 Å². The monoisotopic (exact) mass is 216 g/mol. The first-order valence-corrected chi connectivity index (χ1v) is 6.00. The first kappa shape index (κ1) is 14.4. The van der Waals surface area contributed by atoms with Crippen molar-refractivity contribution in [2.24, 2.45) is 5.92 Å². The molecule has 2 atom stereocenters. The van der Waals surface area contributed by atoms with Crippen LogP contribution in [0.3, 0.4) is 0 Å². The molecule has 0 fully saturated rings. The van der Waals surface area contributed by atoms with Crippen molar-refractivity contribution in [1.29, 1.82) is 0 Å². The third kappa shape index (κ3) is 7.37. The fourth-order valence-corrected chi connectivity index (χ4v) is 1.65. The highest BCUT2D eigenvalue weighted by Crippen LogP contribution is 2.15. The summed E-state index contributed by atoms with van der Waals surface area (Å²) in [5.41, 5.74) is 0. The minimum atomic E-state index is -1.19. The van der Waals surface area contributed by atoms with E-state index in [0.29, 0.717) is 0 Å². The minimum Gasteiger partial charge on any atom is -0.479 e. The Kier molecular flexibility index (Phi) is 8.38. The first-order chi connectivity index (χ1) is 7.09. The molecular weight excluding hydrogens is 192 g/mol. The standard InChI is InChI=1S/C12H24O3/c1-3-4-5-6-7-8-9-10(2)11(13)12(14)15/h10-11,13H,3-9H2,1-2H3,(H,14,15)/t10?,11-/m1/s1. The van der Waals surface area contributed by atoms with Crippen LogP contribution in [0.2, 0.25) is 0 Å². The number of aliphatic hydroxyl groups is 1. The van der Waals surface area contributed by atoms with Crippen molar-refractivity contribution in [3.05, 3.63) is 0 Å². The van der Waals surface area contributed by atoms with Crippen LogP contribution in [0.1, 0.15) is 58.8 Å². The zero-order valence-corrected chi connectivity index (χ0v) is 9.91. The van der Waals surface area contributed by atoms with Crippen molar-refractivity contribution in [3.8, 4) is 0 Å². The van der Waals surface area contributed by atoms with Gasteiger partial charge in [-0.2, -0.15) is 0 Å². The Bertz CT molecular complexity index is 168. The molecule has 0 aromatic carbocycles. The molecule has 15 heavy (non-hydrogen) atoms. The summed E-state index contributed by atoms with van der Waals surface area (Å²) in [6.07, 6.45) is 6.81. The lowest BCUT2D eigenvalue weighted by molar-refractivity contribution is -0.149. The van der Waals surface area contributed by atoms with E-state index in [-0.39, 0.29) is 5.92 Å². The zero-order chi connectivity index (χ0) is 11.7. The van der Waals surface area contributed by atoms with Crippen molar-refractivity contribution < 1.29 is 15.0 Å². The SMILES string of the molecule is CCCCCCCCC(C)[C@@H](O)C(=O)O. The maximum Gasteiger partial charge on any atom is 0.332 e. The summed E-state index contributed by atoms with van der Waals surface area (Å²) in [5.74, 6) is -1.23. The van der Waals surface area contributed by atoms with Gasteiger partial charge in [0.1, 0.15) is 0 Å². The minimum absolute atomic E-state index is 0.131. The van der Waals surface area contributed by atoms with Crippen LogP contribution in [-0.2, 0) is 4.79 Å². The molecule has 0 aromatic rings. The molecule has 0 radical (unpaired) electrons. The number of carboxylic acid groups (broad SMARTS) is 1. The Morgan fingerprint density at radius 1 is 1.13 bits per heavy atom. The molecule has 0 saturated heterocycles. The molecule has 90 valence electrons. The van der Waals surface area contributed by atoms with Gasteiger partial charge < -0.3 is 10.2 Å². The molecule has 0 aromatic heterocycles. The van der Waals surface area contributed by atoms with Gasteiger partial charge in [-0.05, 0) is 12.3 Å². The van der Waals surface area contributed by atoms with Crippen LogP contribution in [0, 0.1) is 5.92 Å². The van der Waals surface area contributed by atoms with Crippen molar-refractivity contribution >= 4 is 5.97 Å². The van der Waals surface area contributed by atoms with E-state index in [1.54, 1.807) is 6.92 Å². The molecule has 3 heteroatoms. The predicted molar refractivity (Wildman–Crippen MR) is 60.8 cm³/mol. The number of aliphatic carboxylic acids is 1. The van der Waals surface area contributed by atoms with E-state index < -0.39 is 12.1 Å². The summed E-state index contributed by atoms with van der Waals surface area (Å²) < 4.78 is 0. The van der Waals surface area contributed by atoms with Crippen LogP contribution in [0.25, 0.3) is 0 Å². The molecule has 0 saturated carbocycles.